The number of aliphatic carboxylic acids is 1. The molecule has 2 aliphatic heterocycles. The molecule has 4 N–H and O–H groups in total. The van der Waals surface area contributed by atoms with Crippen LogP contribution < -0.4 is 10.2 Å². The maximum atomic E-state index is 12.6. The maximum absolute atomic E-state index is 12.6. The number of hydrogen-bond acceptors (Lipinski definition) is 9. The summed E-state index contributed by atoms with van der Waals surface area (Å²) in [6.07, 6.45) is -0.820. The lowest BCUT2D eigenvalue weighted by Gasteiger charge is -2.32. The predicted octanol–water partition coefficient (Wildman–Crippen LogP) is 3.57. The Balaban J connectivity index is 0.000000470. The molecule has 5 heterocycles. The molecule has 2 atom stereocenters. The van der Waals surface area contributed by atoms with Gasteiger partial charge in [-0.3, -0.25) is 9.31 Å². The number of piperidine rings is 1. The minimum atomic E-state index is -5.08. The Kier molecular flexibility index (Phi) is 9.13. The molecule has 1 unspecified atom stereocenters. The van der Waals surface area contributed by atoms with Crippen LogP contribution in [-0.2, 0) is 22.0 Å². The highest BCUT2D eigenvalue weighted by Gasteiger charge is 2.38. The van der Waals surface area contributed by atoms with E-state index in [9.17, 15) is 22.5 Å². The van der Waals surface area contributed by atoms with Gasteiger partial charge in [-0.15, -0.1) is 0 Å². The van der Waals surface area contributed by atoms with E-state index in [1.807, 2.05) is 26.0 Å². The molecule has 15 heteroatoms. The number of aromatic nitrogens is 4. The van der Waals surface area contributed by atoms with Gasteiger partial charge in [0.1, 0.15) is 16.4 Å². The average molecular weight is 585 g/mol. The monoisotopic (exact) mass is 584 g/mol. The summed E-state index contributed by atoms with van der Waals surface area (Å²) in [6, 6.07) is 5.70. The summed E-state index contributed by atoms with van der Waals surface area (Å²) in [7, 11) is -1.10. The van der Waals surface area contributed by atoms with Crippen molar-refractivity contribution in [1.82, 2.24) is 20.2 Å². The first-order chi connectivity index (χ1) is 19.0. The highest BCUT2D eigenvalue weighted by molar-refractivity contribution is 7.85. The van der Waals surface area contributed by atoms with Crippen molar-refractivity contribution in [2.24, 2.45) is 5.92 Å². The number of aryl methyl sites for hydroxylation is 1. The van der Waals surface area contributed by atoms with E-state index >= 15 is 0 Å². The molecule has 3 aromatic rings. The molecular formula is C25H31F3N6O5S. The number of nitrogens with zero attached hydrogens (tertiary/aromatic N) is 4. The van der Waals surface area contributed by atoms with Gasteiger partial charge < -0.3 is 24.8 Å². The molecule has 0 spiro atoms. The average Bonchev–Trinajstić information content (AvgIpc) is 3.68. The van der Waals surface area contributed by atoms with Crippen LogP contribution >= 0.6 is 0 Å². The summed E-state index contributed by atoms with van der Waals surface area (Å²) in [5.74, 6) is 0.473. The lowest BCUT2D eigenvalue weighted by molar-refractivity contribution is -0.192. The van der Waals surface area contributed by atoms with Crippen molar-refractivity contribution in [2.45, 2.75) is 56.1 Å². The third-order valence-corrected chi connectivity index (χ3v) is 8.29. The zero-order chi connectivity index (χ0) is 29.0. The second-order valence-corrected chi connectivity index (χ2v) is 11.4. The van der Waals surface area contributed by atoms with E-state index < -0.39 is 22.9 Å². The Morgan fingerprint density at radius 1 is 1.30 bits per heavy atom. The van der Waals surface area contributed by atoms with Gasteiger partial charge in [-0.2, -0.15) is 23.3 Å². The number of anilines is 2. The number of H-pyrrole nitrogens is 1. The first kappa shape index (κ1) is 29.5. The molecule has 1 fully saturated rings. The number of alkyl halides is 3. The van der Waals surface area contributed by atoms with Crippen molar-refractivity contribution in [2.75, 3.05) is 35.7 Å². The van der Waals surface area contributed by atoms with Gasteiger partial charge >= 0.3 is 12.1 Å². The molecule has 3 aromatic heterocycles. The molecule has 0 aliphatic carbocycles. The molecule has 40 heavy (non-hydrogen) atoms. The SMILES string of the molecule is CC(C)[C@H](CO)Nc1nc(N2CCC(c3cc(-c4ccco4)n[nH]3)CC2)nc2c1S(=O)CC2.O=C(O)C(F)(F)F. The van der Waals surface area contributed by atoms with Crippen LogP contribution in [0.1, 0.15) is 44.0 Å². The zero-order valence-corrected chi connectivity index (χ0v) is 22.8. The van der Waals surface area contributed by atoms with Crippen LogP contribution in [0, 0.1) is 5.92 Å². The number of aromatic amines is 1. The molecule has 11 nitrogen and oxygen atoms in total. The van der Waals surface area contributed by atoms with E-state index in [0.29, 0.717) is 34.8 Å². The molecule has 0 amide bonds. The molecule has 0 saturated carbocycles. The molecular weight excluding hydrogens is 553 g/mol. The number of carboxylic acids is 1. The van der Waals surface area contributed by atoms with Gasteiger partial charge in [0.2, 0.25) is 5.95 Å². The quantitative estimate of drug-likeness (QED) is 0.324. The van der Waals surface area contributed by atoms with Crippen molar-refractivity contribution in [3.8, 4) is 11.5 Å². The van der Waals surface area contributed by atoms with Crippen LogP contribution in [0.5, 0.6) is 0 Å². The predicted molar refractivity (Wildman–Crippen MR) is 141 cm³/mol. The normalized spacial score (nSPS) is 18.3. The smallest absolute Gasteiger partial charge is 0.475 e. The number of aliphatic hydroxyl groups is 1. The standard InChI is InChI=1S/C23H30N6O3S.C2HF3O2/c1-14(2)19(13-30)24-22-21-16(7-11-33(21)31)25-23(26-22)29-8-5-15(6-9-29)17-12-18(28-27-17)20-4-3-10-32-20;3-2(4,5)1(6)7/h3-4,10,12,14-15,19,30H,5-9,11,13H2,1-2H3,(H,27,28)(H,24,25,26);(H,6,7)/t19-,33?;/m0./s1. The van der Waals surface area contributed by atoms with E-state index in [-0.39, 0.29) is 18.6 Å². The molecule has 0 bridgehead atoms. The topological polar surface area (TPSA) is 157 Å². The Hall–Kier alpha value is -3.46. The molecule has 2 aliphatic rings. The van der Waals surface area contributed by atoms with E-state index in [1.54, 1.807) is 6.26 Å². The van der Waals surface area contributed by atoms with Gasteiger partial charge in [-0.05, 0) is 37.0 Å². The lowest BCUT2D eigenvalue weighted by Crippen LogP contribution is -2.35. The summed E-state index contributed by atoms with van der Waals surface area (Å²) in [5.41, 5.74) is 2.81. The van der Waals surface area contributed by atoms with Gasteiger partial charge in [0.15, 0.2) is 5.76 Å². The minimum absolute atomic E-state index is 0.00597. The van der Waals surface area contributed by atoms with Gasteiger partial charge in [-0.1, -0.05) is 13.8 Å². The van der Waals surface area contributed by atoms with Crippen LogP contribution in [0.4, 0.5) is 24.9 Å². The Morgan fingerprint density at radius 2 is 2.00 bits per heavy atom. The Bertz CT molecular complexity index is 1320. The number of carbonyl (C=O) groups is 1. The number of aliphatic hydroxyl groups excluding tert-OH is 1. The largest absolute Gasteiger partial charge is 0.490 e. The molecule has 0 radical (unpaired) electrons. The Labute approximate surface area is 230 Å². The summed E-state index contributed by atoms with van der Waals surface area (Å²) >= 11 is 0. The zero-order valence-electron chi connectivity index (χ0n) is 21.9. The van der Waals surface area contributed by atoms with Crippen molar-refractivity contribution < 1.29 is 36.8 Å². The maximum Gasteiger partial charge on any atom is 0.490 e. The highest BCUT2D eigenvalue weighted by atomic mass is 32.2. The summed E-state index contributed by atoms with van der Waals surface area (Å²) in [4.78, 5) is 21.4. The molecule has 218 valence electrons. The third kappa shape index (κ3) is 6.81. The van der Waals surface area contributed by atoms with Crippen molar-refractivity contribution in [3.05, 3.63) is 35.9 Å². The number of fused-ring (bicyclic) bond motifs is 1. The van der Waals surface area contributed by atoms with E-state index in [4.69, 9.17) is 24.3 Å². The second kappa shape index (κ2) is 12.4. The van der Waals surface area contributed by atoms with Crippen molar-refractivity contribution in [3.63, 3.8) is 0 Å². The van der Waals surface area contributed by atoms with Gasteiger partial charge in [0.05, 0.1) is 35.4 Å². The Morgan fingerprint density at radius 3 is 2.58 bits per heavy atom. The van der Waals surface area contributed by atoms with Crippen molar-refractivity contribution >= 4 is 28.5 Å². The molecule has 1 saturated heterocycles. The van der Waals surface area contributed by atoms with Crippen LogP contribution in [-0.4, -0.2) is 78.2 Å². The second-order valence-electron chi connectivity index (χ2n) is 9.88. The highest BCUT2D eigenvalue weighted by Crippen LogP contribution is 2.34. The van der Waals surface area contributed by atoms with Crippen LogP contribution in [0.3, 0.4) is 0 Å². The van der Waals surface area contributed by atoms with Crippen LogP contribution in [0.15, 0.2) is 33.8 Å². The van der Waals surface area contributed by atoms with Gasteiger partial charge in [0.25, 0.3) is 0 Å². The van der Waals surface area contributed by atoms with Crippen LogP contribution in [0.25, 0.3) is 11.5 Å². The number of carboxylic acid groups (broad SMARTS) is 1. The number of hydrogen-bond donors (Lipinski definition) is 4. The number of halogens is 3. The minimum Gasteiger partial charge on any atom is -0.475 e. The van der Waals surface area contributed by atoms with E-state index in [0.717, 1.165) is 48.8 Å². The summed E-state index contributed by atoms with van der Waals surface area (Å²) in [6.45, 7) is 5.74. The number of rotatable bonds is 7. The fourth-order valence-corrected chi connectivity index (χ4v) is 5.82. The van der Waals surface area contributed by atoms with E-state index in [2.05, 4.69) is 26.5 Å². The first-order valence-electron chi connectivity index (χ1n) is 12.8. The van der Waals surface area contributed by atoms with E-state index in [1.165, 1.54) is 0 Å². The fraction of sp³-hybridized carbons (Fsp3) is 0.520. The summed E-state index contributed by atoms with van der Waals surface area (Å²) < 4.78 is 49.8. The lowest BCUT2D eigenvalue weighted by atomic mass is 9.93. The number of nitrogens with one attached hydrogen (secondary N) is 2. The van der Waals surface area contributed by atoms with Gasteiger partial charge in [-0.25, -0.2) is 9.78 Å². The van der Waals surface area contributed by atoms with Crippen LogP contribution in [0.2, 0.25) is 0 Å². The third-order valence-electron chi connectivity index (χ3n) is 6.83. The molecule has 0 aromatic carbocycles. The summed E-state index contributed by atoms with van der Waals surface area (Å²) in [5, 5.41) is 27.8. The fourth-order valence-electron chi connectivity index (χ4n) is 4.51. The molecule has 5 rings (SSSR count). The first-order valence-corrected chi connectivity index (χ1v) is 14.1. The van der Waals surface area contributed by atoms with Crippen molar-refractivity contribution in [1.29, 1.82) is 0 Å². The van der Waals surface area contributed by atoms with Gasteiger partial charge in [0, 0.05) is 36.9 Å². The number of furan rings is 1.